The summed E-state index contributed by atoms with van der Waals surface area (Å²) in [7, 11) is 4.01. The molecule has 7 heteroatoms. The lowest BCUT2D eigenvalue weighted by Crippen LogP contribution is -2.60. The molecule has 2 aromatic rings. The molecule has 2 saturated heterocycles. The van der Waals surface area contributed by atoms with Crippen molar-refractivity contribution in [2.75, 3.05) is 46.9 Å². The van der Waals surface area contributed by atoms with Gasteiger partial charge in [-0.2, -0.15) is 0 Å². The topological polar surface area (TPSA) is 73.9 Å². The largest absolute Gasteiger partial charge is 0.492 e. The normalized spacial score (nSPS) is 24.4. The predicted molar refractivity (Wildman–Crippen MR) is 128 cm³/mol. The Morgan fingerprint density at radius 2 is 1.88 bits per heavy atom. The molecule has 2 aromatic carbocycles. The number of rotatable bonds is 7. The molecule has 0 unspecified atom stereocenters. The van der Waals surface area contributed by atoms with Gasteiger partial charge in [-0.25, -0.2) is 0 Å². The third kappa shape index (κ3) is 5.04. The molecule has 0 spiro atoms. The zero-order valence-corrected chi connectivity index (χ0v) is 19.7. The van der Waals surface area contributed by atoms with Crippen LogP contribution < -0.4 is 15.4 Å². The maximum absolute atomic E-state index is 13.8. The summed E-state index contributed by atoms with van der Waals surface area (Å²) in [5.41, 5.74) is 1.29. The Hall–Kier alpha value is -2.90. The molecule has 0 bridgehead atoms. The van der Waals surface area contributed by atoms with Gasteiger partial charge in [0.2, 0.25) is 5.91 Å². The van der Waals surface area contributed by atoms with Gasteiger partial charge in [-0.1, -0.05) is 30.3 Å². The van der Waals surface area contributed by atoms with E-state index in [0.717, 1.165) is 37.4 Å². The van der Waals surface area contributed by atoms with Crippen LogP contribution in [0, 0.1) is 5.92 Å². The molecule has 2 aliphatic rings. The fraction of sp³-hybridized carbons (Fsp3) is 0.462. The van der Waals surface area contributed by atoms with E-state index in [2.05, 4.69) is 27.7 Å². The molecular formula is C26H34N4O3. The maximum Gasteiger partial charge on any atom is 0.254 e. The molecule has 2 amide bonds. The fourth-order valence-electron chi connectivity index (χ4n) is 5.19. The standard InChI is InChI=1S/C26H34N4O3/c1-19(31)28-26-13-14-27-17-23(26)24(20-7-5-4-6-8-20)30(18-26)25(32)21-9-11-22(12-10-21)33-16-15-29(2)3/h4-12,23-24,27H,13-18H2,1-3H3,(H,28,31)/t23-,24-,26-/m1/s1. The molecule has 7 nitrogen and oxygen atoms in total. The van der Waals surface area contributed by atoms with Crippen molar-refractivity contribution in [2.45, 2.75) is 24.9 Å². The van der Waals surface area contributed by atoms with Crippen molar-refractivity contribution in [1.82, 2.24) is 20.4 Å². The van der Waals surface area contributed by atoms with Crippen LogP contribution in [0.1, 0.15) is 35.3 Å². The molecule has 33 heavy (non-hydrogen) atoms. The molecule has 2 N–H and O–H groups in total. The zero-order chi connectivity index (χ0) is 23.4. The first-order chi connectivity index (χ1) is 15.9. The van der Waals surface area contributed by atoms with Crippen LogP contribution in [0.5, 0.6) is 5.75 Å². The second-order valence-electron chi connectivity index (χ2n) is 9.36. The summed E-state index contributed by atoms with van der Waals surface area (Å²) in [6, 6.07) is 17.4. The van der Waals surface area contributed by atoms with Gasteiger partial charge < -0.3 is 25.2 Å². The quantitative estimate of drug-likeness (QED) is 0.677. The van der Waals surface area contributed by atoms with Crippen LogP contribution in [0.15, 0.2) is 54.6 Å². The minimum absolute atomic E-state index is 0.0252. The Morgan fingerprint density at radius 3 is 2.55 bits per heavy atom. The number of hydrogen-bond acceptors (Lipinski definition) is 5. The average molecular weight is 451 g/mol. The highest BCUT2D eigenvalue weighted by Crippen LogP contribution is 2.46. The Kier molecular flexibility index (Phi) is 7.00. The number of carbonyl (C=O) groups is 2. The summed E-state index contributed by atoms with van der Waals surface area (Å²) >= 11 is 0. The van der Waals surface area contributed by atoms with E-state index in [4.69, 9.17) is 4.74 Å². The van der Waals surface area contributed by atoms with Crippen molar-refractivity contribution in [3.05, 3.63) is 65.7 Å². The van der Waals surface area contributed by atoms with E-state index in [-0.39, 0.29) is 23.8 Å². The fourth-order valence-corrected chi connectivity index (χ4v) is 5.19. The van der Waals surface area contributed by atoms with Crippen LogP contribution in [-0.4, -0.2) is 74.0 Å². The summed E-state index contributed by atoms with van der Waals surface area (Å²) in [4.78, 5) is 29.9. The van der Waals surface area contributed by atoms with Crippen molar-refractivity contribution in [2.24, 2.45) is 5.92 Å². The third-order valence-electron chi connectivity index (χ3n) is 6.73. The van der Waals surface area contributed by atoms with Gasteiger partial charge in [0.05, 0.1) is 11.6 Å². The summed E-state index contributed by atoms with van der Waals surface area (Å²) < 4.78 is 5.78. The number of piperidine rings is 1. The van der Waals surface area contributed by atoms with E-state index in [9.17, 15) is 9.59 Å². The molecule has 2 heterocycles. The number of amides is 2. The van der Waals surface area contributed by atoms with Crippen LogP contribution in [0.4, 0.5) is 0 Å². The number of carbonyl (C=O) groups excluding carboxylic acids is 2. The van der Waals surface area contributed by atoms with Gasteiger partial charge in [0.25, 0.3) is 5.91 Å². The van der Waals surface area contributed by atoms with Gasteiger partial charge >= 0.3 is 0 Å². The predicted octanol–water partition coefficient (Wildman–Crippen LogP) is 2.31. The summed E-state index contributed by atoms with van der Waals surface area (Å²) in [6.45, 7) is 5.05. The molecule has 3 atom stereocenters. The first kappa shape index (κ1) is 23.3. The lowest BCUT2D eigenvalue weighted by molar-refractivity contribution is -0.121. The summed E-state index contributed by atoms with van der Waals surface area (Å²) in [5.74, 6) is 0.766. The van der Waals surface area contributed by atoms with Gasteiger partial charge in [-0.3, -0.25) is 9.59 Å². The first-order valence-electron chi connectivity index (χ1n) is 11.6. The highest BCUT2D eigenvalue weighted by atomic mass is 16.5. The molecule has 2 aliphatic heterocycles. The van der Waals surface area contributed by atoms with E-state index < -0.39 is 5.54 Å². The monoisotopic (exact) mass is 450 g/mol. The summed E-state index contributed by atoms with van der Waals surface area (Å²) in [6.07, 6.45) is 0.795. The van der Waals surface area contributed by atoms with E-state index in [1.165, 1.54) is 0 Å². The first-order valence-corrected chi connectivity index (χ1v) is 11.6. The number of likely N-dealkylation sites (N-methyl/N-ethyl adjacent to an activating group) is 1. The maximum atomic E-state index is 13.8. The smallest absolute Gasteiger partial charge is 0.254 e. The van der Waals surface area contributed by atoms with Gasteiger partial charge in [0, 0.05) is 38.0 Å². The van der Waals surface area contributed by atoms with Crippen molar-refractivity contribution in [1.29, 1.82) is 0 Å². The van der Waals surface area contributed by atoms with Crippen LogP contribution in [-0.2, 0) is 4.79 Å². The van der Waals surface area contributed by atoms with E-state index in [1.54, 1.807) is 6.92 Å². The Balaban J connectivity index is 1.61. The van der Waals surface area contributed by atoms with Crippen LogP contribution in [0.3, 0.4) is 0 Å². The number of hydrogen-bond donors (Lipinski definition) is 2. The number of nitrogens with one attached hydrogen (secondary N) is 2. The van der Waals surface area contributed by atoms with Crippen LogP contribution in [0.25, 0.3) is 0 Å². The number of ether oxygens (including phenoxy) is 1. The Labute approximate surface area is 196 Å². The Morgan fingerprint density at radius 1 is 1.15 bits per heavy atom. The van der Waals surface area contributed by atoms with Gasteiger partial charge in [-0.15, -0.1) is 0 Å². The molecule has 0 saturated carbocycles. The molecule has 2 fully saturated rings. The molecular weight excluding hydrogens is 416 g/mol. The van der Waals surface area contributed by atoms with Crippen molar-refractivity contribution in [3.63, 3.8) is 0 Å². The Bertz CT molecular complexity index is 963. The lowest BCUT2D eigenvalue weighted by atomic mass is 9.76. The van der Waals surface area contributed by atoms with Crippen molar-refractivity contribution in [3.8, 4) is 5.75 Å². The van der Waals surface area contributed by atoms with Crippen LogP contribution in [0.2, 0.25) is 0 Å². The molecule has 0 aromatic heterocycles. The van der Waals surface area contributed by atoms with E-state index >= 15 is 0 Å². The SMILES string of the molecule is CC(=O)N[C@@]12CCNC[C@@H]1[C@@H](c1ccccc1)N(C(=O)c1ccc(OCCN(C)C)cc1)C2. The number of nitrogens with zero attached hydrogens (tertiary/aromatic N) is 2. The number of likely N-dealkylation sites (tertiary alicyclic amines) is 1. The molecule has 0 aliphatic carbocycles. The highest BCUT2D eigenvalue weighted by molar-refractivity contribution is 5.95. The van der Waals surface area contributed by atoms with E-state index in [1.807, 2.05) is 61.5 Å². The minimum atomic E-state index is -0.428. The second kappa shape index (κ2) is 9.93. The van der Waals surface area contributed by atoms with Crippen molar-refractivity contribution >= 4 is 11.8 Å². The second-order valence-corrected chi connectivity index (χ2v) is 9.36. The highest BCUT2D eigenvalue weighted by Gasteiger charge is 2.55. The lowest BCUT2D eigenvalue weighted by Gasteiger charge is -2.40. The summed E-state index contributed by atoms with van der Waals surface area (Å²) in [5, 5.41) is 6.72. The van der Waals surface area contributed by atoms with Gasteiger partial charge in [0.1, 0.15) is 12.4 Å². The average Bonchev–Trinajstić information content (AvgIpc) is 3.13. The number of benzene rings is 2. The number of fused-ring (bicyclic) bond motifs is 1. The third-order valence-corrected chi connectivity index (χ3v) is 6.73. The van der Waals surface area contributed by atoms with Crippen LogP contribution >= 0.6 is 0 Å². The van der Waals surface area contributed by atoms with Crippen molar-refractivity contribution < 1.29 is 14.3 Å². The van der Waals surface area contributed by atoms with Gasteiger partial charge in [0.15, 0.2) is 0 Å². The van der Waals surface area contributed by atoms with E-state index in [0.29, 0.717) is 18.7 Å². The van der Waals surface area contributed by atoms with Gasteiger partial charge in [-0.05, 0) is 56.9 Å². The zero-order valence-electron chi connectivity index (χ0n) is 19.7. The molecule has 176 valence electrons. The minimum Gasteiger partial charge on any atom is -0.492 e. The molecule has 4 rings (SSSR count). The molecule has 0 radical (unpaired) electrons.